The molecule has 3 rings (SSSR count). The molecule has 2 N–H and O–H groups in total. The van der Waals surface area contributed by atoms with E-state index in [0.29, 0.717) is 17.1 Å². The highest BCUT2D eigenvalue weighted by atomic mass is 19.3. The minimum atomic E-state index is -2.58. The van der Waals surface area contributed by atoms with Crippen molar-refractivity contribution in [1.82, 2.24) is 24.9 Å². The lowest BCUT2D eigenvalue weighted by Gasteiger charge is -2.20. The Hall–Kier alpha value is -3.04. The van der Waals surface area contributed by atoms with Gasteiger partial charge < -0.3 is 15.0 Å². The van der Waals surface area contributed by atoms with E-state index >= 15 is 0 Å². The number of nitrogens with zero attached hydrogens (tertiary/aromatic N) is 5. The highest BCUT2D eigenvalue weighted by molar-refractivity contribution is 5.55. The SMILES string of the molecule is CC(C)(c1nc(-c2ccnc(OCC(F)F)c2)no1)n1cc(N)cn1. The first-order valence-electron chi connectivity index (χ1n) is 7.38. The van der Waals surface area contributed by atoms with Gasteiger partial charge in [-0.2, -0.15) is 10.1 Å². The average molecular weight is 350 g/mol. The molecule has 3 aromatic rings. The lowest BCUT2D eigenvalue weighted by Crippen LogP contribution is -2.28. The van der Waals surface area contributed by atoms with Crippen LogP contribution in [0.4, 0.5) is 14.5 Å². The maximum absolute atomic E-state index is 12.2. The number of rotatable bonds is 6. The minimum absolute atomic E-state index is 0.0586. The Morgan fingerprint density at radius 2 is 2.20 bits per heavy atom. The Bertz CT molecular complexity index is 861. The number of nitrogen functional groups attached to an aromatic ring is 1. The van der Waals surface area contributed by atoms with Crippen molar-refractivity contribution in [2.75, 3.05) is 12.3 Å². The van der Waals surface area contributed by atoms with Gasteiger partial charge in [-0.25, -0.2) is 13.8 Å². The standard InChI is InChI=1S/C15H16F2N6O2/c1-15(2,23-7-10(18)6-20-23)14-21-13(22-25-14)9-3-4-19-12(5-9)24-8-11(16)17/h3-7,11H,8,18H2,1-2H3. The largest absolute Gasteiger partial charge is 0.472 e. The maximum Gasteiger partial charge on any atom is 0.272 e. The Labute approximate surface area is 141 Å². The second-order valence-electron chi connectivity index (χ2n) is 5.79. The molecule has 25 heavy (non-hydrogen) atoms. The highest BCUT2D eigenvalue weighted by Gasteiger charge is 2.31. The summed E-state index contributed by atoms with van der Waals surface area (Å²) in [5.74, 6) is 0.660. The van der Waals surface area contributed by atoms with Gasteiger partial charge in [-0.1, -0.05) is 5.16 Å². The molecule has 0 bridgehead atoms. The quantitative estimate of drug-likeness (QED) is 0.727. The molecule has 0 amide bonds. The molecule has 0 aromatic carbocycles. The molecule has 0 unspecified atom stereocenters. The van der Waals surface area contributed by atoms with Gasteiger partial charge >= 0.3 is 0 Å². The first-order valence-corrected chi connectivity index (χ1v) is 7.38. The zero-order chi connectivity index (χ0) is 18.0. The molecule has 0 radical (unpaired) electrons. The van der Waals surface area contributed by atoms with Crippen LogP contribution >= 0.6 is 0 Å². The Kier molecular flexibility index (Phi) is 4.34. The van der Waals surface area contributed by atoms with Crippen molar-refractivity contribution in [3.63, 3.8) is 0 Å². The van der Waals surface area contributed by atoms with Gasteiger partial charge in [0.1, 0.15) is 5.54 Å². The van der Waals surface area contributed by atoms with Crippen molar-refractivity contribution >= 4 is 5.69 Å². The van der Waals surface area contributed by atoms with Crippen LogP contribution in [-0.4, -0.2) is 37.9 Å². The van der Waals surface area contributed by atoms with Gasteiger partial charge in [0.05, 0.1) is 11.9 Å². The van der Waals surface area contributed by atoms with Crippen molar-refractivity contribution in [2.45, 2.75) is 25.8 Å². The van der Waals surface area contributed by atoms with Crippen LogP contribution in [0.3, 0.4) is 0 Å². The number of hydrogen-bond acceptors (Lipinski definition) is 7. The molecule has 0 aliphatic rings. The Balaban J connectivity index is 1.85. The van der Waals surface area contributed by atoms with Gasteiger partial charge in [0.15, 0.2) is 6.61 Å². The van der Waals surface area contributed by atoms with E-state index in [-0.39, 0.29) is 11.7 Å². The van der Waals surface area contributed by atoms with E-state index in [1.807, 2.05) is 13.8 Å². The summed E-state index contributed by atoms with van der Waals surface area (Å²) in [6, 6.07) is 3.10. The second-order valence-corrected chi connectivity index (χ2v) is 5.79. The number of pyridine rings is 1. The molecule has 0 aliphatic carbocycles. The van der Waals surface area contributed by atoms with Gasteiger partial charge in [0, 0.05) is 24.0 Å². The fraction of sp³-hybridized carbons (Fsp3) is 0.333. The van der Waals surface area contributed by atoms with Crippen LogP contribution in [0.5, 0.6) is 5.88 Å². The van der Waals surface area contributed by atoms with Gasteiger partial charge in [-0.05, 0) is 19.9 Å². The molecule has 0 spiro atoms. The summed E-state index contributed by atoms with van der Waals surface area (Å²) in [4.78, 5) is 8.24. The molecular formula is C15H16F2N6O2. The van der Waals surface area contributed by atoms with Crippen LogP contribution in [0.2, 0.25) is 0 Å². The molecule has 0 fully saturated rings. The van der Waals surface area contributed by atoms with Crippen LogP contribution in [0, 0.1) is 0 Å². The summed E-state index contributed by atoms with van der Waals surface area (Å²) in [5, 5.41) is 8.10. The molecule has 3 heterocycles. The van der Waals surface area contributed by atoms with E-state index in [0.717, 1.165) is 0 Å². The lowest BCUT2D eigenvalue weighted by atomic mass is 10.1. The molecule has 8 nitrogen and oxygen atoms in total. The fourth-order valence-electron chi connectivity index (χ4n) is 2.11. The summed E-state index contributed by atoms with van der Waals surface area (Å²) >= 11 is 0. The number of anilines is 1. The molecule has 0 atom stereocenters. The number of nitrogens with two attached hydrogens (primary N) is 1. The fourth-order valence-corrected chi connectivity index (χ4v) is 2.11. The first kappa shape index (κ1) is 16.8. The van der Waals surface area contributed by atoms with Crippen LogP contribution in [-0.2, 0) is 5.54 Å². The van der Waals surface area contributed by atoms with E-state index in [2.05, 4.69) is 20.2 Å². The van der Waals surface area contributed by atoms with Crippen molar-refractivity contribution < 1.29 is 18.0 Å². The number of halogens is 2. The van der Waals surface area contributed by atoms with Gasteiger partial charge in [0.25, 0.3) is 12.3 Å². The van der Waals surface area contributed by atoms with Crippen LogP contribution < -0.4 is 10.5 Å². The van der Waals surface area contributed by atoms with Crippen molar-refractivity contribution in [2.24, 2.45) is 0 Å². The topological polar surface area (TPSA) is 105 Å². The summed E-state index contributed by atoms with van der Waals surface area (Å²) < 4.78 is 36.3. The minimum Gasteiger partial charge on any atom is -0.472 e. The normalized spacial score (nSPS) is 11.9. The molecule has 132 valence electrons. The van der Waals surface area contributed by atoms with E-state index < -0.39 is 18.6 Å². The van der Waals surface area contributed by atoms with Crippen LogP contribution in [0.25, 0.3) is 11.4 Å². The van der Waals surface area contributed by atoms with Crippen molar-refractivity contribution in [3.05, 3.63) is 36.6 Å². The average Bonchev–Trinajstić information content (AvgIpc) is 3.23. The predicted octanol–water partition coefficient (Wildman–Crippen LogP) is 2.34. The Morgan fingerprint density at radius 1 is 1.40 bits per heavy atom. The lowest BCUT2D eigenvalue weighted by molar-refractivity contribution is 0.0796. The predicted molar refractivity (Wildman–Crippen MR) is 84.1 cm³/mol. The second kappa shape index (κ2) is 6.46. The van der Waals surface area contributed by atoms with E-state index in [4.69, 9.17) is 15.0 Å². The van der Waals surface area contributed by atoms with Crippen LogP contribution in [0.1, 0.15) is 19.7 Å². The van der Waals surface area contributed by atoms with E-state index in [1.54, 1.807) is 16.9 Å². The van der Waals surface area contributed by atoms with E-state index in [1.165, 1.54) is 18.5 Å². The molecule has 0 saturated heterocycles. The first-order chi connectivity index (χ1) is 11.9. The maximum atomic E-state index is 12.2. The number of hydrogen-bond donors (Lipinski definition) is 1. The highest BCUT2D eigenvalue weighted by Crippen LogP contribution is 2.27. The number of alkyl halides is 2. The molecule has 3 aromatic heterocycles. The van der Waals surface area contributed by atoms with Crippen LogP contribution in [0.15, 0.2) is 35.2 Å². The van der Waals surface area contributed by atoms with Crippen molar-refractivity contribution in [3.8, 4) is 17.3 Å². The summed E-state index contributed by atoms with van der Waals surface area (Å²) in [5.41, 5.74) is 6.02. The molecule has 0 aliphatic heterocycles. The summed E-state index contributed by atoms with van der Waals surface area (Å²) in [6.07, 6.45) is 2.02. The smallest absolute Gasteiger partial charge is 0.272 e. The molecular weight excluding hydrogens is 334 g/mol. The third kappa shape index (κ3) is 3.57. The summed E-state index contributed by atoms with van der Waals surface area (Å²) in [7, 11) is 0. The van der Waals surface area contributed by atoms with Crippen molar-refractivity contribution in [1.29, 1.82) is 0 Å². The Morgan fingerprint density at radius 3 is 2.88 bits per heavy atom. The molecule has 10 heteroatoms. The summed E-state index contributed by atoms with van der Waals surface area (Å²) in [6.45, 7) is 2.96. The van der Waals surface area contributed by atoms with Gasteiger partial charge in [0.2, 0.25) is 11.7 Å². The van der Waals surface area contributed by atoms with E-state index in [9.17, 15) is 8.78 Å². The zero-order valence-electron chi connectivity index (χ0n) is 13.6. The monoisotopic (exact) mass is 350 g/mol. The third-order valence-electron chi connectivity index (χ3n) is 3.47. The molecule has 0 saturated carbocycles. The number of ether oxygens (including phenoxy) is 1. The number of aromatic nitrogens is 5. The zero-order valence-corrected chi connectivity index (χ0v) is 13.6. The van der Waals surface area contributed by atoms with Gasteiger partial charge in [-0.15, -0.1) is 0 Å². The third-order valence-corrected chi connectivity index (χ3v) is 3.47. The van der Waals surface area contributed by atoms with Gasteiger partial charge in [-0.3, -0.25) is 4.68 Å².